The summed E-state index contributed by atoms with van der Waals surface area (Å²) < 4.78 is 54.3. The number of hydrogen-bond donors (Lipinski definition) is 0. The maximum absolute atomic E-state index is 13.7. The molecule has 0 aromatic heterocycles. The molecule has 0 bridgehead atoms. The zero-order valence-electron chi connectivity index (χ0n) is 51.0. The van der Waals surface area contributed by atoms with Crippen LogP contribution in [0, 0.1) is 5.41 Å². The first-order valence-electron chi connectivity index (χ1n) is 29.7. The van der Waals surface area contributed by atoms with E-state index in [-0.39, 0.29) is 59.0 Å². The number of Topliss-reactive ketones (excluding diaryl/α,β-unsaturated/α-hetero) is 2. The van der Waals surface area contributed by atoms with Crippen molar-refractivity contribution in [2.45, 2.75) is 172 Å². The van der Waals surface area contributed by atoms with E-state index in [1.54, 1.807) is 53.8 Å². The van der Waals surface area contributed by atoms with Crippen LogP contribution >= 0.6 is 30.1 Å². The fourth-order valence-corrected chi connectivity index (χ4v) is 15.3. The van der Waals surface area contributed by atoms with E-state index in [0.717, 1.165) is 57.5 Å². The molecule has 0 spiro atoms. The summed E-state index contributed by atoms with van der Waals surface area (Å²) in [6.45, 7) is 21.0. The van der Waals surface area contributed by atoms with Gasteiger partial charge >= 0.3 is 0 Å². The topological polar surface area (TPSA) is 132 Å². The molecule has 4 unspecified atom stereocenters. The summed E-state index contributed by atoms with van der Waals surface area (Å²) in [7, 11) is 5.12. The fourth-order valence-electron chi connectivity index (χ4n) is 11.0. The highest BCUT2D eigenvalue weighted by molar-refractivity contribution is 8.77. The number of benzene rings is 5. The van der Waals surface area contributed by atoms with Gasteiger partial charge in [-0.25, -0.2) is 4.67 Å². The van der Waals surface area contributed by atoms with E-state index >= 15 is 0 Å². The molecule has 84 heavy (non-hydrogen) atoms. The van der Waals surface area contributed by atoms with Crippen molar-refractivity contribution in [2.24, 2.45) is 5.41 Å². The van der Waals surface area contributed by atoms with E-state index in [4.69, 9.17) is 37.5 Å². The number of rotatable bonds is 30. The molecule has 3 aliphatic rings. The van der Waals surface area contributed by atoms with E-state index in [1.807, 2.05) is 66.7 Å². The summed E-state index contributed by atoms with van der Waals surface area (Å²) in [5.74, 6) is 1.15. The van der Waals surface area contributed by atoms with Gasteiger partial charge < -0.3 is 37.5 Å². The lowest BCUT2D eigenvalue weighted by Gasteiger charge is -2.39. The molecular formula is C68H87N2O11PS2. The maximum Gasteiger partial charge on any atom is 0.259 e. The molecule has 8 rings (SSSR count). The van der Waals surface area contributed by atoms with E-state index in [9.17, 15) is 14.4 Å². The number of carbonyl (C=O) groups is 3. The van der Waals surface area contributed by atoms with Crippen LogP contribution in [0.4, 0.5) is 0 Å². The van der Waals surface area contributed by atoms with Gasteiger partial charge in [-0.3, -0.25) is 19.3 Å². The molecule has 0 radical (unpaired) electrons. The minimum Gasteiger partial charge on any atom is -0.497 e. The van der Waals surface area contributed by atoms with Gasteiger partial charge in [-0.1, -0.05) is 132 Å². The van der Waals surface area contributed by atoms with Gasteiger partial charge in [0.25, 0.3) is 8.53 Å². The van der Waals surface area contributed by atoms with Crippen molar-refractivity contribution in [3.05, 3.63) is 173 Å². The number of ether oxygens (including phenoxy) is 6. The van der Waals surface area contributed by atoms with Gasteiger partial charge in [-0.2, -0.15) is 0 Å². The number of aryl methyl sites for hydroxylation is 1. The molecule has 0 aliphatic carbocycles. The van der Waals surface area contributed by atoms with Crippen molar-refractivity contribution in [3.8, 4) is 11.5 Å². The van der Waals surface area contributed by atoms with Crippen molar-refractivity contribution in [3.63, 3.8) is 0 Å². The highest BCUT2D eigenvalue weighted by Crippen LogP contribution is 2.51. The summed E-state index contributed by atoms with van der Waals surface area (Å²) in [6.07, 6.45) is 4.52. The first-order valence-corrected chi connectivity index (χ1v) is 33.0. The average Bonchev–Trinajstić information content (AvgIpc) is 1.37. The van der Waals surface area contributed by atoms with Gasteiger partial charge in [0.05, 0.1) is 53.2 Å². The standard InChI is InChI=1S/C68H87N2O11PS2/c1-12-67(13-2)45-76-65(77-46-67)52-26-23-50(24-27-52)25-32-56(71)37-39-66(8,9)84-83-62-22-18-17-19-51(62)38-40-79-82(70(47(3)4)48(5)6)81-60-42-64(69-43-49(7)59(72)41-63(69)73)80-61(60)44-78-68(53-20-15-14-16-21-53,54-28-33-57(74-10)34-29-54)55-30-35-58(75-11)36-31-55/h14-24,26-31,33-36,43,47-48,60-61,64-65H,12-13,25,32,37-42,44-46H2,1-11H3. The summed E-state index contributed by atoms with van der Waals surface area (Å²) in [5, 5.41) is 0. The summed E-state index contributed by atoms with van der Waals surface area (Å²) in [4.78, 5) is 42.4. The predicted molar refractivity (Wildman–Crippen MR) is 336 cm³/mol. The van der Waals surface area contributed by atoms with E-state index < -0.39 is 32.6 Å². The van der Waals surface area contributed by atoms with Gasteiger partial charge in [0, 0.05) is 63.7 Å². The second-order valence-electron chi connectivity index (χ2n) is 23.4. The molecule has 5 aromatic rings. The van der Waals surface area contributed by atoms with Crippen LogP contribution in [0.15, 0.2) is 144 Å². The van der Waals surface area contributed by atoms with Crippen LogP contribution in [0.5, 0.6) is 11.5 Å². The summed E-state index contributed by atoms with van der Waals surface area (Å²) >= 11 is 0. The Morgan fingerprint density at radius 2 is 1.37 bits per heavy atom. The molecule has 4 atom stereocenters. The normalized spacial score (nSPS) is 19.1. The first kappa shape index (κ1) is 65.1. The van der Waals surface area contributed by atoms with Gasteiger partial charge in [-0.05, 0) is 139 Å². The van der Waals surface area contributed by atoms with Crippen LogP contribution in [0.25, 0.3) is 0 Å². The van der Waals surface area contributed by atoms with E-state index in [1.165, 1.54) is 0 Å². The Bertz CT molecular complexity index is 2890. The third-order valence-corrected chi connectivity index (χ3v) is 22.0. The molecule has 3 heterocycles. The molecule has 2 saturated heterocycles. The Labute approximate surface area is 508 Å². The van der Waals surface area contributed by atoms with Crippen molar-refractivity contribution in [1.29, 1.82) is 0 Å². The molecule has 0 saturated carbocycles. The predicted octanol–water partition coefficient (Wildman–Crippen LogP) is 15.2. The van der Waals surface area contributed by atoms with E-state index in [0.29, 0.717) is 69.0 Å². The number of methoxy groups -OCH3 is 2. The number of nitrogens with zero attached hydrogens (tertiary/aromatic N) is 2. The van der Waals surface area contributed by atoms with Crippen molar-refractivity contribution >= 4 is 47.6 Å². The van der Waals surface area contributed by atoms with Crippen LogP contribution in [0.3, 0.4) is 0 Å². The molecule has 0 N–H and O–H groups in total. The molecule has 5 aromatic carbocycles. The SMILES string of the molecule is CCC1(CC)COC(c2ccc(CCC(=O)CCC(C)(C)SSc3ccccc3CCOP(OC3CC(N4C=C(C)C(=O)CC4=O)OC3COC(c3ccccc3)(c3ccc(OC)cc3)c3ccc(OC)cc3)N(C(C)C)C(C)C)cc2)OC1. The lowest BCUT2D eigenvalue weighted by atomic mass is 9.80. The lowest BCUT2D eigenvalue weighted by Crippen LogP contribution is -2.41. The Balaban J connectivity index is 0.949. The summed E-state index contributed by atoms with van der Waals surface area (Å²) in [6, 6.07) is 42.8. The molecule has 3 aliphatic heterocycles. The maximum atomic E-state index is 13.7. The van der Waals surface area contributed by atoms with Crippen LogP contribution in [0.1, 0.15) is 147 Å². The molecule has 13 nitrogen and oxygen atoms in total. The van der Waals surface area contributed by atoms with Crippen LogP contribution in [-0.2, 0) is 60.8 Å². The minimum atomic E-state index is -1.71. The number of amides is 1. The van der Waals surface area contributed by atoms with Crippen molar-refractivity contribution in [1.82, 2.24) is 9.57 Å². The van der Waals surface area contributed by atoms with Crippen molar-refractivity contribution < 1.29 is 51.9 Å². The van der Waals surface area contributed by atoms with Crippen LogP contribution in [-0.4, -0.2) is 103 Å². The quantitative estimate of drug-likeness (QED) is 0.0187. The van der Waals surface area contributed by atoms with Gasteiger partial charge in [0.15, 0.2) is 12.1 Å². The minimum absolute atomic E-state index is 0.0534. The van der Waals surface area contributed by atoms with Gasteiger partial charge in [0.1, 0.15) is 35.2 Å². The lowest BCUT2D eigenvalue weighted by molar-refractivity contribution is -0.235. The third-order valence-electron chi connectivity index (χ3n) is 16.4. The number of ketones is 2. The Kier molecular flexibility index (Phi) is 23.4. The average molecular weight is 1200 g/mol. The molecule has 452 valence electrons. The summed E-state index contributed by atoms with van der Waals surface area (Å²) in [5.41, 5.74) is 5.37. The Morgan fingerprint density at radius 1 is 0.774 bits per heavy atom. The number of hydrogen-bond acceptors (Lipinski definition) is 14. The monoisotopic (exact) mass is 1200 g/mol. The van der Waals surface area contributed by atoms with E-state index in [2.05, 4.69) is 121 Å². The highest BCUT2D eigenvalue weighted by Gasteiger charge is 2.47. The van der Waals surface area contributed by atoms with Crippen LogP contribution in [0.2, 0.25) is 0 Å². The fraction of sp³-hybridized carbons (Fsp3) is 0.485. The number of allylic oxidation sites excluding steroid dienone is 1. The molecule has 1 amide bonds. The van der Waals surface area contributed by atoms with Gasteiger partial charge in [-0.15, -0.1) is 0 Å². The second-order valence-corrected chi connectivity index (χ2v) is 27.7. The number of carbonyl (C=O) groups excluding carboxylic acids is 3. The molecular weight excluding hydrogens is 1120 g/mol. The van der Waals surface area contributed by atoms with Gasteiger partial charge in [0.2, 0.25) is 5.91 Å². The zero-order valence-corrected chi connectivity index (χ0v) is 53.5. The zero-order chi connectivity index (χ0) is 60.0. The third kappa shape index (κ3) is 16.4. The Morgan fingerprint density at radius 3 is 1.96 bits per heavy atom. The second kappa shape index (κ2) is 30.1. The first-order chi connectivity index (χ1) is 40.4. The molecule has 2 fully saturated rings. The van der Waals surface area contributed by atoms with Crippen LogP contribution < -0.4 is 9.47 Å². The Hall–Kier alpha value is -4.90. The molecule has 16 heteroatoms. The largest absolute Gasteiger partial charge is 0.497 e. The highest BCUT2D eigenvalue weighted by atomic mass is 33.1. The van der Waals surface area contributed by atoms with Crippen molar-refractivity contribution in [2.75, 3.05) is 40.6 Å². The smallest absolute Gasteiger partial charge is 0.259 e.